The molecule has 0 aromatic heterocycles. The van der Waals surface area contributed by atoms with E-state index in [-0.39, 0.29) is 6.10 Å². The number of hydrogen-bond acceptors (Lipinski definition) is 3. The predicted molar refractivity (Wildman–Crippen MR) is 66.9 cm³/mol. The fourth-order valence-electron chi connectivity index (χ4n) is 1.91. The SMILES string of the molecule is COc1cc(O[C@@H]2CCOC2)cc(C(C)C)c1. The molecule has 1 aromatic rings. The molecule has 0 radical (unpaired) electrons. The molecule has 1 heterocycles. The number of benzene rings is 1. The summed E-state index contributed by atoms with van der Waals surface area (Å²) in [4.78, 5) is 0. The molecule has 0 aliphatic carbocycles. The van der Waals surface area contributed by atoms with E-state index in [4.69, 9.17) is 14.2 Å². The summed E-state index contributed by atoms with van der Waals surface area (Å²) in [5.41, 5.74) is 1.23. The van der Waals surface area contributed by atoms with E-state index in [2.05, 4.69) is 26.0 Å². The highest BCUT2D eigenvalue weighted by atomic mass is 16.5. The van der Waals surface area contributed by atoms with Crippen LogP contribution >= 0.6 is 0 Å². The van der Waals surface area contributed by atoms with Crippen LogP contribution in [-0.4, -0.2) is 26.4 Å². The average Bonchev–Trinajstić information content (AvgIpc) is 2.81. The van der Waals surface area contributed by atoms with Gasteiger partial charge < -0.3 is 14.2 Å². The Morgan fingerprint density at radius 3 is 2.59 bits per heavy atom. The van der Waals surface area contributed by atoms with Crippen molar-refractivity contribution >= 4 is 0 Å². The molecule has 1 saturated heterocycles. The van der Waals surface area contributed by atoms with Crippen LogP contribution in [0.15, 0.2) is 18.2 Å². The Labute approximate surface area is 103 Å². The normalized spacial score (nSPS) is 19.6. The van der Waals surface area contributed by atoms with Gasteiger partial charge in [-0.3, -0.25) is 0 Å². The Balaban J connectivity index is 2.16. The first-order valence-electron chi connectivity index (χ1n) is 6.12. The summed E-state index contributed by atoms with van der Waals surface area (Å²) in [6, 6.07) is 6.08. The fourth-order valence-corrected chi connectivity index (χ4v) is 1.91. The van der Waals surface area contributed by atoms with Gasteiger partial charge in [-0.15, -0.1) is 0 Å². The average molecular weight is 236 g/mol. The van der Waals surface area contributed by atoms with Crippen molar-refractivity contribution in [3.05, 3.63) is 23.8 Å². The van der Waals surface area contributed by atoms with Crippen molar-refractivity contribution in [3.8, 4) is 11.5 Å². The highest BCUT2D eigenvalue weighted by Crippen LogP contribution is 2.28. The molecule has 0 saturated carbocycles. The zero-order valence-corrected chi connectivity index (χ0v) is 10.7. The Hall–Kier alpha value is -1.22. The van der Waals surface area contributed by atoms with Gasteiger partial charge in [0.05, 0.1) is 20.3 Å². The van der Waals surface area contributed by atoms with Gasteiger partial charge in [0, 0.05) is 12.5 Å². The van der Waals surface area contributed by atoms with Gasteiger partial charge >= 0.3 is 0 Å². The first-order chi connectivity index (χ1) is 8.19. The molecule has 17 heavy (non-hydrogen) atoms. The first kappa shape index (κ1) is 12.2. The molecule has 1 aliphatic rings. The van der Waals surface area contributed by atoms with Crippen LogP contribution in [0.2, 0.25) is 0 Å². The molecular formula is C14H20O3. The minimum Gasteiger partial charge on any atom is -0.497 e. The lowest BCUT2D eigenvalue weighted by Crippen LogP contribution is -2.15. The lowest BCUT2D eigenvalue weighted by atomic mass is 10.0. The van der Waals surface area contributed by atoms with Gasteiger partial charge in [-0.25, -0.2) is 0 Å². The highest BCUT2D eigenvalue weighted by Gasteiger charge is 2.18. The number of rotatable bonds is 4. The van der Waals surface area contributed by atoms with Crippen LogP contribution in [0, 0.1) is 0 Å². The van der Waals surface area contributed by atoms with Gasteiger partial charge in [-0.05, 0) is 23.6 Å². The number of hydrogen-bond donors (Lipinski definition) is 0. The molecule has 0 amide bonds. The van der Waals surface area contributed by atoms with E-state index >= 15 is 0 Å². The van der Waals surface area contributed by atoms with Crippen LogP contribution in [0.3, 0.4) is 0 Å². The van der Waals surface area contributed by atoms with Crippen molar-refractivity contribution < 1.29 is 14.2 Å². The van der Waals surface area contributed by atoms with Gasteiger partial charge in [-0.2, -0.15) is 0 Å². The zero-order valence-electron chi connectivity index (χ0n) is 10.7. The van der Waals surface area contributed by atoms with Gasteiger partial charge in [0.2, 0.25) is 0 Å². The smallest absolute Gasteiger partial charge is 0.124 e. The van der Waals surface area contributed by atoms with E-state index in [1.807, 2.05) is 6.07 Å². The van der Waals surface area contributed by atoms with Gasteiger partial charge in [0.15, 0.2) is 0 Å². The van der Waals surface area contributed by atoms with E-state index in [0.717, 1.165) is 24.5 Å². The van der Waals surface area contributed by atoms with Crippen molar-refractivity contribution in [1.82, 2.24) is 0 Å². The van der Waals surface area contributed by atoms with E-state index < -0.39 is 0 Å². The zero-order chi connectivity index (χ0) is 12.3. The van der Waals surface area contributed by atoms with Crippen molar-refractivity contribution in [2.24, 2.45) is 0 Å². The summed E-state index contributed by atoms with van der Waals surface area (Å²) >= 11 is 0. The molecule has 1 aromatic carbocycles. The van der Waals surface area contributed by atoms with Crippen molar-refractivity contribution in [1.29, 1.82) is 0 Å². The Kier molecular flexibility index (Phi) is 3.89. The fraction of sp³-hybridized carbons (Fsp3) is 0.571. The summed E-state index contributed by atoms with van der Waals surface area (Å²) in [6.07, 6.45) is 1.15. The van der Waals surface area contributed by atoms with Gasteiger partial charge in [-0.1, -0.05) is 13.8 Å². The Bertz CT molecular complexity index is 368. The summed E-state index contributed by atoms with van der Waals surface area (Å²) in [5, 5.41) is 0. The van der Waals surface area contributed by atoms with Crippen LogP contribution in [0.4, 0.5) is 0 Å². The molecule has 0 spiro atoms. The maximum Gasteiger partial charge on any atom is 0.124 e. The van der Waals surface area contributed by atoms with Crippen LogP contribution in [-0.2, 0) is 4.74 Å². The second-order valence-electron chi connectivity index (χ2n) is 4.70. The van der Waals surface area contributed by atoms with Crippen LogP contribution in [0.1, 0.15) is 31.7 Å². The maximum absolute atomic E-state index is 5.90. The lowest BCUT2D eigenvalue weighted by Gasteiger charge is -2.15. The van der Waals surface area contributed by atoms with Crippen molar-refractivity contribution in [2.45, 2.75) is 32.3 Å². The quantitative estimate of drug-likeness (QED) is 0.804. The van der Waals surface area contributed by atoms with E-state index in [9.17, 15) is 0 Å². The van der Waals surface area contributed by atoms with Crippen LogP contribution in [0.25, 0.3) is 0 Å². The first-order valence-corrected chi connectivity index (χ1v) is 6.12. The summed E-state index contributed by atoms with van der Waals surface area (Å²) < 4.78 is 16.5. The van der Waals surface area contributed by atoms with E-state index in [1.54, 1.807) is 7.11 Å². The number of methoxy groups -OCH3 is 1. The minimum absolute atomic E-state index is 0.183. The molecule has 3 heteroatoms. The standard InChI is InChI=1S/C14H20O3/c1-10(2)11-6-13(15-3)8-14(7-11)17-12-4-5-16-9-12/h6-8,10,12H,4-5,9H2,1-3H3/t12-/m1/s1. The monoisotopic (exact) mass is 236 g/mol. The number of ether oxygens (including phenoxy) is 3. The Morgan fingerprint density at radius 1 is 1.24 bits per heavy atom. The molecule has 2 rings (SSSR count). The van der Waals surface area contributed by atoms with E-state index in [0.29, 0.717) is 12.5 Å². The largest absolute Gasteiger partial charge is 0.497 e. The second-order valence-corrected chi connectivity index (χ2v) is 4.70. The molecule has 1 atom stereocenters. The van der Waals surface area contributed by atoms with Gasteiger partial charge in [0.25, 0.3) is 0 Å². The van der Waals surface area contributed by atoms with Crippen molar-refractivity contribution in [2.75, 3.05) is 20.3 Å². The molecule has 1 aliphatic heterocycles. The van der Waals surface area contributed by atoms with E-state index in [1.165, 1.54) is 5.56 Å². The molecular weight excluding hydrogens is 216 g/mol. The second kappa shape index (κ2) is 5.41. The lowest BCUT2D eigenvalue weighted by molar-refractivity contribution is 0.141. The highest BCUT2D eigenvalue weighted by molar-refractivity contribution is 5.39. The summed E-state index contributed by atoms with van der Waals surface area (Å²) in [5.74, 6) is 2.20. The van der Waals surface area contributed by atoms with Gasteiger partial charge in [0.1, 0.15) is 17.6 Å². The van der Waals surface area contributed by atoms with Crippen molar-refractivity contribution in [3.63, 3.8) is 0 Å². The topological polar surface area (TPSA) is 27.7 Å². The molecule has 94 valence electrons. The third-order valence-electron chi connectivity index (χ3n) is 3.00. The molecule has 0 bridgehead atoms. The van der Waals surface area contributed by atoms with Crippen LogP contribution in [0.5, 0.6) is 11.5 Å². The maximum atomic E-state index is 5.90. The summed E-state index contributed by atoms with van der Waals surface area (Å²) in [7, 11) is 1.68. The Morgan fingerprint density at radius 2 is 2.00 bits per heavy atom. The molecule has 1 fully saturated rings. The molecule has 3 nitrogen and oxygen atoms in total. The molecule has 0 unspecified atom stereocenters. The van der Waals surface area contributed by atoms with Crippen LogP contribution < -0.4 is 9.47 Å². The third kappa shape index (κ3) is 3.13. The molecule has 0 N–H and O–H groups in total. The minimum atomic E-state index is 0.183. The third-order valence-corrected chi connectivity index (χ3v) is 3.00. The summed E-state index contributed by atoms with van der Waals surface area (Å²) in [6.45, 7) is 5.81. The predicted octanol–water partition coefficient (Wildman–Crippen LogP) is 2.99.